The number of likely N-dealkylation sites (N-methyl/N-ethyl adjacent to an activating group) is 1. The number of rotatable bonds is 13. The van der Waals surface area contributed by atoms with E-state index in [-0.39, 0.29) is 17.4 Å². The zero-order chi connectivity index (χ0) is 31.1. The van der Waals surface area contributed by atoms with E-state index in [1.54, 1.807) is 42.3 Å². The Labute approximate surface area is 254 Å². The molecular formula is C35H42N2O6. The summed E-state index contributed by atoms with van der Waals surface area (Å²) in [6.07, 6.45) is -0.0103. The van der Waals surface area contributed by atoms with Gasteiger partial charge >= 0.3 is 0 Å². The molecule has 228 valence electrons. The molecule has 4 rings (SSSR count). The zero-order valence-electron chi connectivity index (χ0n) is 25.9. The third-order valence-corrected chi connectivity index (χ3v) is 7.64. The number of hydrogen-bond acceptors (Lipinski definition) is 7. The number of benzene rings is 3. The molecule has 1 heterocycles. The van der Waals surface area contributed by atoms with Crippen molar-refractivity contribution in [3.8, 4) is 17.2 Å². The van der Waals surface area contributed by atoms with Gasteiger partial charge in [-0.3, -0.25) is 9.59 Å². The SMILES string of the molecule is CCN(CC)CCN1C(=O)C(=O)/C(=C(/O)c2ccc(OC(C)C)c(C)c2)C1c1ccc(OCc2ccccc2)c(OC)c1. The second-order valence-electron chi connectivity index (χ2n) is 10.9. The van der Waals surface area contributed by atoms with E-state index in [1.807, 2.05) is 57.2 Å². The molecule has 0 radical (unpaired) electrons. The average Bonchev–Trinajstić information content (AvgIpc) is 3.26. The van der Waals surface area contributed by atoms with E-state index in [9.17, 15) is 14.7 Å². The van der Waals surface area contributed by atoms with Gasteiger partial charge in [0.1, 0.15) is 18.1 Å². The van der Waals surface area contributed by atoms with Crippen LogP contribution in [0.5, 0.6) is 17.2 Å². The summed E-state index contributed by atoms with van der Waals surface area (Å²) in [5, 5.41) is 11.6. The molecule has 1 atom stereocenters. The number of methoxy groups -OCH3 is 1. The molecule has 8 nitrogen and oxygen atoms in total. The van der Waals surface area contributed by atoms with Crippen LogP contribution in [0.4, 0.5) is 0 Å². The smallest absolute Gasteiger partial charge is 0.295 e. The molecule has 0 saturated carbocycles. The normalized spacial score (nSPS) is 16.3. The van der Waals surface area contributed by atoms with Crippen molar-refractivity contribution < 1.29 is 28.9 Å². The molecule has 3 aromatic rings. The van der Waals surface area contributed by atoms with E-state index in [1.165, 1.54) is 0 Å². The molecule has 1 amide bonds. The van der Waals surface area contributed by atoms with Gasteiger partial charge in [0.25, 0.3) is 11.7 Å². The second kappa shape index (κ2) is 14.2. The maximum absolute atomic E-state index is 13.6. The quantitative estimate of drug-likeness (QED) is 0.146. The molecule has 0 aromatic heterocycles. The fourth-order valence-electron chi connectivity index (χ4n) is 5.29. The van der Waals surface area contributed by atoms with Crippen LogP contribution < -0.4 is 14.2 Å². The van der Waals surface area contributed by atoms with Crippen molar-refractivity contribution in [2.24, 2.45) is 0 Å². The van der Waals surface area contributed by atoms with Crippen LogP contribution in [0.2, 0.25) is 0 Å². The van der Waals surface area contributed by atoms with Crippen LogP contribution in [0.25, 0.3) is 5.76 Å². The summed E-state index contributed by atoms with van der Waals surface area (Å²) in [7, 11) is 1.55. The molecule has 1 fully saturated rings. The number of carbonyl (C=O) groups excluding carboxylic acids is 2. The van der Waals surface area contributed by atoms with Crippen molar-refractivity contribution in [2.45, 2.75) is 53.4 Å². The minimum Gasteiger partial charge on any atom is -0.507 e. The number of Topliss-reactive ketones (excluding diaryl/α,β-unsaturated/α-hetero) is 1. The van der Waals surface area contributed by atoms with Gasteiger partial charge in [-0.1, -0.05) is 50.2 Å². The van der Waals surface area contributed by atoms with Gasteiger partial charge in [-0.15, -0.1) is 0 Å². The highest BCUT2D eigenvalue weighted by Gasteiger charge is 2.46. The first-order valence-electron chi connectivity index (χ1n) is 14.8. The Morgan fingerprint density at radius 3 is 2.28 bits per heavy atom. The third kappa shape index (κ3) is 7.20. The summed E-state index contributed by atoms with van der Waals surface area (Å²) in [5.41, 5.74) is 2.95. The van der Waals surface area contributed by atoms with Crippen LogP contribution in [0.1, 0.15) is 56.0 Å². The Morgan fingerprint density at radius 2 is 1.65 bits per heavy atom. The van der Waals surface area contributed by atoms with Crippen molar-refractivity contribution in [2.75, 3.05) is 33.3 Å². The zero-order valence-corrected chi connectivity index (χ0v) is 25.9. The number of likely N-dealkylation sites (tertiary alicyclic amines) is 1. The third-order valence-electron chi connectivity index (χ3n) is 7.64. The highest BCUT2D eigenvalue weighted by Crippen LogP contribution is 2.42. The molecule has 43 heavy (non-hydrogen) atoms. The van der Waals surface area contributed by atoms with Gasteiger partial charge in [0, 0.05) is 18.7 Å². The van der Waals surface area contributed by atoms with Gasteiger partial charge < -0.3 is 29.1 Å². The summed E-state index contributed by atoms with van der Waals surface area (Å²) >= 11 is 0. The Morgan fingerprint density at radius 1 is 0.953 bits per heavy atom. The number of aliphatic hydroxyl groups excluding tert-OH is 1. The number of carbonyl (C=O) groups is 2. The minimum atomic E-state index is -0.806. The number of hydrogen-bond donors (Lipinski definition) is 1. The van der Waals surface area contributed by atoms with E-state index < -0.39 is 17.7 Å². The van der Waals surface area contributed by atoms with Crippen molar-refractivity contribution in [3.05, 3.63) is 94.6 Å². The number of ether oxygens (including phenoxy) is 3. The summed E-state index contributed by atoms with van der Waals surface area (Å²) in [4.78, 5) is 30.8. The largest absolute Gasteiger partial charge is 0.507 e. The Balaban J connectivity index is 1.76. The lowest BCUT2D eigenvalue weighted by Gasteiger charge is -2.28. The number of nitrogens with zero attached hydrogens (tertiary/aromatic N) is 2. The number of aryl methyl sites for hydroxylation is 1. The van der Waals surface area contributed by atoms with Crippen LogP contribution in [0.15, 0.2) is 72.3 Å². The topological polar surface area (TPSA) is 88.5 Å². The van der Waals surface area contributed by atoms with Crippen molar-refractivity contribution in [3.63, 3.8) is 0 Å². The van der Waals surface area contributed by atoms with Gasteiger partial charge in [-0.2, -0.15) is 0 Å². The molecule has 3 aromatic carbocycles. The fourth-order valence-corrected chi connectivity index (χ4v) is 5.29. The first-order valence-corrected chi connectivity index (χ1v) is 14.8. The summed E-state index contributed by atoms with van der Waals surface area (Å²) < 4.78 is 17.6. The van der Waals surface area contributed by atoms with Crippen molar-refractivity contribution >= 4 is 17.4 Å². The number of ketones is 1. The monoisotopic (exact) mass is 586 g/mol. The van der Waals surface area contributed by atoms with E-state index in [4.69, 9.17) is 14.2 Å². The van der Waals surface area contributed by atoms with E-state index >= 15 is 0 Å². The molecule has 1 aliphatic rings. The van der Waals surface area contributed by atoms with E-state index in [0.717, 1.165) is 24.2 Å². The standard InChI is InChI=1S/C35H42N2O6/c1-7-36(8-2)18-19-37-32(26-14-17-29(30(21-26)41-6)42-22-25-12-10-9-11-13-25)31(34(39)35(37)40)33(38)27-15-16-28(24(5)20-27)43-23(3)4/h9-17,20-21,23,32,38H,7-8,18-19,22H2,1-6H3/b33-31+. The van der Waals surface area contributed by atoms with Crippen molar-refractivity contribution in [1.82, 2.24) is 9.80 Å². The second-order valence-corrected chi connectivity index (χ2v) is 10.9. The van der Waals surface area contributed by atoms with Gasteiger partial charge in [-0.25, -0.2) is 0 Å². The lowest BCUT2D eigenvalue weighted by atomic mass is 9.94. The Hall–Kier alpha value is -4.30. The molecule has 1 saturated heterocycles. The maximum atomic E-state index is 13.6. The predicted octanol–water partition coefficient (Wildman–Crippen LogP) is 6.13. The molecule has 8 heteroatoms. The van der Waals surface area contributed by atoms with Gasteiger partial charge in [-0.05, 0) is 80.9 Å². The molecule has 0 spiro atoms. The summed E-state index contributed by atoms with van der Waals surface area (Å²) in [6, 6.07) is 19.6. The first-order chi connectivity index (χ1) is 20.7. The van der Waals surface area contributed by atoms with Crippen LogP contribution in [-0.2, 0) is 16.2 Å². The van der Waals surface area contributed by atoms with Gasteiger partial charge in [0.05, 0.1) is 24.8 Å². The lowest BCUT2D eigenvalue weighted by molar-refractivity contribution is -0.140. The average molecular weight is 587 g/mol. The number of amides is 1. The maximum Gasteiger partial charge on any atom is 0.295 e. The van der Waals surface area contributed by atoms with Crippen LogP contribution >= 0.6 is 0 Å². The number of aliphatic hydroxyl groups is 1. The van der Waals surface area contributed by atoms with Crippen LogP contribution in [0.3, 0.4) is 0 Å². The van der Waals surface area contributed by atoms with Crippen LogP contribution in [-0.4, -0.2) is 66.0 Å². The van der Waals surface area contributed by atoms with E-state index in [0.29, 0.717) is 48.1 Å². The summed E-state index contributed by atoms with van der Waals surface area (Å²) in [6.45, 7) is 12.8. The highest BCUT2D eigenvalue weighted by atomic mass is 16.5. The molecule has 0 bridgehead atoms. The summed E-state index contributed by atoms with van der Waals surface area (Å²) in [5.74, 6) is 0.111. The molecule has 0 aliphatic carbocycles. The van der Waals surface area contributed by atoms with Gasteiger partial charge in [0.2, 0.25) is 0 Å². The van der Waals surface area contributed by atoms with Gasteiger partial charge in [0.15, 0.2) is 11.5 Å². The Kier molecular flexibility index (Phi) is 10.5. The van der Waals surface area contributed by atoms with Crippen LogP contribution in [0, 0.1) is 6.92 Å². The molecule has 1 N–H and O–H groups in total. The molecule has 1 aliphatic heterocycles. The molecular weight excluding hydrogens is 544 g/mol. The minimum absolute atomic E-state index is 0.0103. The lowest BCUT2D eigenvalue weighted by Crippen LogP contribution is -2.38. The van der Waals surface area contributed by atoms with Crippen molar-refractivity contribution in [1.29, 1.82) is 0 Å². The molecule has 1 unspecified atom stereocenters. The van der Waals surface area contributed by atoms with E-state index in [2.05, 4.69) is 18.7 Å². The predicted molar refractivity (Wildman–Crippen MR) is 168 cm³/mol. The fraction of sp³-hybridized carbons (Fsp3) is 0.371. The highest BCUT2D eigenvalue weighted by molar-refractivity contribution is 6.46. The first kappa shape index (κ1) is 31.6. The Bertz CT molecular complexity index is 1460.